The average molecular weight is 317 g/mol. The molecule has 0 aliphatic carbocycles. The van der Waals surface area contributed by atoms with Crippen LogP contribution in [0, 0.1) is 5.41 Å². The van der Waals surface area contributed by atoms with E-state index in [0.717, 1.165) is 22.8 Å². The number of amides is 1. The number of nitrogens with one attached hydrogen (secondary N) is 2. The fourth-order valence-corrected chi connectivity index (χ4v) is 3.02. The van der Waals surface area contributed by atoms with E-state index in [0.29, 0.717) is 5.82 Å². The molecule has 0 saturated carbocycles. The van der Waals surface area contributed by atoms with Gasteiger partial charge in [0.1, 0.15) is 0 Å². The van der Waals surface area contributed by atoms with Crippen LogP contribution in [0.1, 0.15) is 32.2 Å². The number of rotatable bonds is 4. The molecule has 3 heterocycles. The molecule has 116 valence electrons. The van der Waals surface area contributed by atoms with Gasteiger partial charge in [-0.25, -0.2) is 4.98 Å². The molecule has 0 bridgehead atoms. The van der Waals surface area contributed by atoms with Crippen LogP contribution in [0.4, 0.5) is 5.82 Å². The first kappa shape index (κ1) is 14.8. The molecule has 0 saturated heterocycles. The van der Waals surface area contributed by atoms with Crippen LogP contribution in [0.15, 0.2) is 23.8 Å². The Morgan fingerprint density at radius 3 is 3.00 bits per heavy atom. The summed E-state index contributed by atoms with van der Waals surface area (Å²) < 4.78 is 1.92. The lowest BCUT2D eigenvalue weighted by Gasteiger charge is -2.15. The number of carbonyl (C=O) groups excluding carboxylic acids is 1. The van der Waals surface area contributed by atoms with E-state index in [4.69, 9.17) is 0 Å². The molecule has 2 N–H and O–H groups in total. The van der Waals surface area contributed by atoms with Crippen molar-refractivity contribution in [3.63, 3.8) is 0 Å². The third-order valence-corrected chi connectivity index (χ3v) is 3.87. The molecule has 0 unspecified atom stereocenters. The predicted molar refractivity (Wildman–Crippen MR) is 87.1 cm³/mol. The van der Waals surface area contributed by atoms with E-state index in [-0.39, 0.29) is 17.7 Å². The number of H-pyrrole nitrogens is 1. The lowest BCUT2D eigenvalue weighted by molar-refractivity contribution is -0.115. The number of aromatic amines is 1. The van der Waals surface area contributed by atoms with Crippen molar-refractivity contribution in [2.75, 3.05) is 5.32 Å². The predicted octanol–water partition coefficient (Wildman–Crippen LogP) is 2.89. The van der Waals surface area contributed by atoms with Gasteiger partial charge in [0.2, 0.25) is 5.91 Å². The maximum atomic E-state index is 12.1. The molecular weight excluding hydrogens is 298 g/mol. The molecule has 0 atom stereocenters. The number of imidazole rings is 1. The van der Waals surface area contributed by atoms with Crippen molar-refractivity contribution >= 4 is 28.0 Å². The van der Waals surface area contributed by atoms with Gasteiger partial charge < -0.3 is 5.32 Å². The van der Waals surface area contributed by atoms with Crippen LogP contribution in [0.25, 0.3) is 4.96 Å². The molecule has 0 aliphatic rings. The number of thiazole rings is 1. The van der Waals surface area contributed by atoms with Crippen molar-refractivity contribution < 1.29 is 4.79 Å². The van der Waals surface area contributed by atoms with Gasteiger partial charge in [0.15, 0.2) is 10.8 Å². The zero-order valence-corrected chi connectivity index (χ0v) is 13.7. The number of carbonyl (C=O) groups is 1. The Balaban J connectivity index is 1.60. The molecule has 0 radical (unpaired) electrons. The Bertz CT molecular complexity index is 764. The summed E-state index contributed by atoms with van der Waals surface area (Å²) in [6.45, 7) is 6.49. The van der Waals surface area contributed by atoms with Crippen molar-refractivity contribution in [2.45, 2.75) is 33.6 Å². The van der Waals surface area contributed by atoms with Gasteiger partial charge in [-0.3, -0.25) is 14.3 Å². The molecule has 0 aromatic carbocycles. The lowest BCUT2D eigenvalue weighted by atomic mass is 9.91. The average Bonchev–Trinajstić information content (AvgIpc) is 3.03. The summed E-state index contributed by atoms with van der Waals surface area (Å²) in [4.78, 5) is 17.4. The van der Waals surface area contributed by atoms with Gasteiger partial charge in [0, 0.05) is 29.5 Å². The molecule has 7 heteroatoms. The highest BCUT2D eigenvalue weighted by molar-refractivity contribution is 7.15. The van der Waals surface area contributed by atoms with Crippen molar-refractivity contribution in [3.05, 3.63) is 35.2 Å². The van der Waals surface area contributed by atoms with E-state index in [1.807, 2.05) is 28.2 Å². The van der Waals surface area contributed by atoms with E-state index in [9.17, 15) is 4.79 Å². The lowest BCUT2D eigenvalue weighted by Crippen LogP contribution is -2.14. The van der Waals surface area contributed by atoms with Gasteiger partial charge in [0.05, 0.1) is 12.1 Å². The molecule has 22 heavy (non-hydrogen) atoms. The topological polar surface area (TPSA) is 75.1 Å². The van der Waals surface area contributed by atoms with Crippen LogP contribution in [0.2, 0.25) is 0 Å². The molecule has 1 amide bonds. The summed E-state index contributed by atoms with van der Waals surface area (Å²) in [5.41, 5.74) is 1.95. The third-order valence-electron chi connectivity index (χ3n) is 3.10. The monoisotopic (exact) mass is 317 g/mol. The largest absolute Gasteiger partial charge is 0.309 e. The second-order valence-corrected chi connectivity index (χ2v) is 7.44. The molecule has 3 aromatic heterocycles. The summed E-state index contributed by atoms with van der Waals surface area (Å²) in [6.07, 6.45) is 4.94. The maximum absolute atomic E-state index is 12.1. The second kappa shape index (κ2) is 5.57. The van der Waals surface area contributed by atoms with Gasteiger partial charge in [-0.05, 0) is 11.8 Å². The van der Waals surface area contributed by atoms with Crippen molar-refractivity contribution in [1.29, 1.82) is 0 Å². The highest BCUT2D eigenvalue weighted by atomic mass is 32.1. The number of anilines is 1. The number of hydrogen-bond donors (Lipinski definition) is 2. The Hall–Kier alpha value is -2.15. The first-order valence-electron chi connectivity index (χ1n) is 7.14. The Morgan fingerprint density at radius 2 is 2.27 bits per heavy atom. The Kier molecular flexibility index (Phi) is 3.74. The molecule has 0 fully saturated rings. The fraction of sp³-hybridized carbons (Fsp3) is 0.400. The van der Waals surface area contributed by atoms with Crippen LogP contribution >= 0.6 is 11.3 Å². The van der Waals surface area contributed by atoms with Crippen LogP contribution < -0.4 is 5.32 Å². The number of nitrogens with zero attached hydrogens (tertiary/aromatic N) is 3. The minimum Gasteiger partial charge on any atom is -0.309 e. The molecular formula is C15H19N5OS. The van der Waals surface area contributed by atoms with Gasteiger partial charge in [-0.15, -0.1) is 11.3 Å². The SMILES string of the molecule is CC(C)(C)Cc1cc(NC(=O)Cc2cn3ccsc3n2)n[nH]1. The van der Waals surface area contributed by atoms with Gasteiger partial charge in [-0.2, -0.15) is 5.10 Å². The van der Waals surface area contributed by atoms with Crippen LogP contribution in [0.5, 0.6) is 0 Å². The first-order chi connectivity index (χ1) is 10.4. The highest BCUT2D eigenvalue weighted by Crippen LogP contribution is 2.20. The minimum absolute atomic E-state index is 0.112. The quantitative estimate of drug-likeness (QED) is 0.777. The Morgan fingerprint density at radius 1 is 1.45 bits per heavy atom. The highest BCUT2D eigenvalue weighted by Gasteiger charge is 2.14. The standard InChI is InChI=1S/C15H19N5OS/c1-15(2,3)8-10-6-12(19-18-10)17-13(21)7-11-9-20-4-5-22-14(20)16-11/h4-6,9H,7-8H2,1-3H3,(H2,17,18,19,21). The molecule has 3 rings (SSSR count). The normalized spacial score (nSPS) is 12.0. The first-order valence-corrected chi connectivity index (χ1v) is 8.02. The molecule has 6 nitrogen and oxygen atoms in total. The van der Waals surface area contributed by atoms with Gasteiger partial charge >= 0.3 is 0 Å². The van der Waals surface area contributed by atoms with Crippen LogP contribution in [-0.2, 0) is 17.6 Å². The summed E-state index contributed by atoms with van der Waals surface area (Å²) >= 11 is 1.55. The summed E-state index contributed by atoms with van der Waals surface area (Å²) in [5.74, 6) is 0.449. The molecule has 0 aliphatic heterocycles. The number of aromatic nitrogens is 4. The summed E-state index contributed by atoms with van der Waals surface area (Å²) in [7, 11) is 0. The number of fused-ring (bicyclic) bond motifs is 1. The van der Waals surface area contributed by atoms with Crippen molar-refractivity contribution in [1.82, 2.24) is 19.6 Å². The van der Waals surface area contributed by atoms with E-state index < -0.39 is 0 Å². The zero-order chi connectivity index (χ0) is 15.7. The summed E-state index contributed by atoms with van der Waals surface area (Å²) in [5, 5.41) is 11.9. The van der Waals surface area contributed by atoms with Crippen LogP contribution in [-0.4, -0.2) is 25.5 Å². The van der Waals surface area contributed by atoms with E-state index in [1.165, 1.54) is 0 Å². The van der Waals surface area contributed by atoms with E-state index in [1.54, 1.807) is 11.3 Å². The molecule has 3 aromatic rings. The van der Waals surface area contributed by atoms with Crippen LogP contribution in [0.3, 0.4) is 0 Å². The van der Waals surface area contributed by atoms with E-state index >= 15 is 0 Å². The smallest absolute Gasteiger partial charge is 0.231 e. The van der Waals surface area contributed by atoms with Crippen molar-refractivity contribution in [3.8, 4) is 0 Å². The molecule has 0 spiro atoms. The fourth-order valence-electron chi connectivity index (χ4n) is 2.30. The van der Waals surface area contributed by atoms with Crippen molar-refractivity contribution in [2.24, 2.45) is 5.41 Å². The van der Waals surface area contributed by atoms with E-state index in [2.05, 4.69) is 41.3 Å². The minimum atomic E-state index is -0.112. The summed E-state index contributed by atoms with van der Waals surface area (Å²) in [6, 6.07) is 1.88. The maximum Gasteiger partial charge on any atom is 0.231 e. The number of hydrogen-bond acceptors (Lipinski definition) is 4. The third kappa shape index (κ3) is 3.54. The Labute approximate surface area is 132 Å². The van der Waals surface area contributed by atoms with Gasteiger partial charge in [-0.1, -0.05) is 20.8 Å². The zero-order valence-electron chi connectivity index (χ0n) is 12.9. The van der Waals surface area contributed by atoms with Gasteiger partial charge in [0.25, 0.3) is 0 Å². The second-order valence-electron chi connectivity index (χ2n) is 6.57.